The van der Waals surface area contributed by atoms with Gasteiger partial charge >= 0.3 is 5.97 Å². The fourth-order valence-electron chi connectivity index (χ4n) is 2.82. The van der Waals surface area contributed by atoms with E-state index < -0.39 is 5.60 Å². The van der Waals surface area contributed by atoms with Crippen LogP contribution in [0.2, 0.25) is 0 Å². The molecule has 0 saturated carbocycles. The number of fused-ring (bicyclic) bond motifs is 1. The number of guanidine groups is 1. The Hall–Kier alpha value is -2.50. The van der Waals surface area contributed by atoms with Gasteiger partial charge in [0.1, 0.15) is 12.1 Å². The van der Waals surface area contributed by atoms with Gasteiger partial charge in [0.2, 0.25) is 0 Å². The Bertz CT molecular complexity index is 772. The molecule has 0 atom stereocenters. The minimum absolute atomic E-state index is 0.00119. The Morgan fingerprint density at radius 1 is 1.27 bits per heavy atom. The molecule has 0 unspecified atom stereocenters. The third-order valence-electron chi connectivity index (χ3n) is 3.81. The molecule has 0 spiro atoms. The van der Waals surface area contributed by atoms with Gasteiger partial charge in [-0.3, -0.25) is 4.79 Å². The SMILES string of the molecule is CCNC(=NCC(=O)OC(C)(C)C)NCCc1c[nH]c2cccc(C)c12. The highest BCUT2D eigenvalue weighted by Gasteiger charge is 2.15. The fraction of sp³-hybridized carbons (Fsp3) is 0.500. The Balaban J connectivity index is 1.93. The molecule has 0 radical (unpaired) electrons. The van der Waals surface area contributed by atoms with Crippen molar-refractivity contribution in [2.45, 2.75) is 46.6 Å². The van der Waals surface area contributed by atoms with Crippen molar-refractivity contribution in [1.82, 2.24) is 15.6 Å². The topological polar surface area (TPSA) is 78.5 Å². The summed E-state index contributed by atoms with van der Waals surface area (Å²) in [5, 5.41) is 7.71. The molecule has 1 heterocycles. The van der Waals surface area contributed by atoms with Gasteiger partial charge in [0.05, 0.1) is 0 Å². The van der Waals surface area contributed by atoms with Crippen LogP contribution in [0.4, 0.5) is 0 Å². The van der Waals surface area contributed by atoms with E-state index in [1.165, 1.54) is 16.5 Å². The number of nitrogens with zero attached hydrogens (tertiary/aromatic N) is 1. The van der Waals surface area contributed by atoms with E-state index in [9.17, 15) is 4.79 Å². The summed E-state index contributed by atoms with van der Waals surface area (Å²) in [7, 11) is 0. The predicted molar refractivity (Wildman–Crippen MR) is 107 cm³/mol. The van der Waals surface area contributed by atoms with Gasteiger partial charge in [0.15, 0.2) is 5.96 Å². The number of benzene rings is 1. The van der Waals surface area contributed by atoms with Gasteiger partial charge in [-0.2, -0.15) is 0 Å². The van der Waals surface area contributed by atoms with Crippen LogP contribution in [0.3, 0.4) is 0 Å². The van der Waals surface area contributed by atoms with Crippen molar-refractivity contribution in [3.63, 3.8) is 0 Å². The van der Waals surface area contributed by atoms with Crippen LogP contribution in [0.1, 0.15) is 38.8 Å². The van der Waals surface area contributed by atoms with Gasteiger partial charge in [-0.1, -0.05) is 12.1 Å². The van der Waals surface area contributed by atoms with Crippen molar-refractivity contribution in [2.24, 2.45) is 4.99 Å². The molecule has 0 aliphatic heterocycles. The summed E-state index contributed by atoms with van der Waals surface area (Å²) >= 11 is 0. The summed E-state index contributed by atoms with van der Waals surface area (Å²) in [6, 6.07) is 6.27. The van der Waals surface area contributed by atoms with Crippen LogP contribution in [-0.4, -0.2) is 42.1 Å². The van der Waals surface area contributed by atoms with E-state index in [1.807, 2.05) is 27.7 Å². The third-order valence-corrected chi connectivity index (χ3v) is 3.81. The average Bonchev–Trinajstić information content (AvgIpc) is 2.95. The lowest BCUT2D eigenvalue weighted by Crippen LogP contribution is -2.39. The van der Waals surface area contributed by atoms with Gasteiger partial charge in [0.25, 0.3) is 0 Å². The second kappa shape index (κ2) is 8.74. The lowest BCUT2D eigenvalue weighted by atomic mass is 10.1. The van der Waals surface area contributed by atoms with Crippen LogP contribution in [0.25, 0.3) is 10.9 Å². The molecule has 6 nitrogen and oxygen atoms in total. The van der Waals surface area contributed by atoms with Crippen molar-refractivity contribution in [3.05, 3.63) is 35.5 Å². The molecule has 6 heteroatoms. The number of esters is 1. The van der Waals surface area contributed by atoms with Crippen LogP contribution in [0.5, 0.6) is 0 Å². The summed E-state index contributed by atoms with van der Waals surface area (Å²) < 4.78 is 5.29. The van der Waals surface area contributed by atoms with Crippen LogP contribution < -0.4 is 10.6 Å². The number of aromatic nitrogens is 1. The zero-order chi connectivity index (χ0) is 19.2. The Morgan fingerprint density at radius 3 is 2.73 bits per heavy atom. The van der Waals surface area contributed by atoms with Crippen molar-refractivity contribution in [1.29, 1.82) is 0 Å². The van der Waals surface area contributed by atoms with Crippen molar-refractivity contribution >= 4 is 22.8 Å². The first-order valence-electron chi connectivity index (χ1n) is 9.09. The first-order chi connectivity index (χ1) is 12.3. The summed E-state index contributed by atoms with van der Waals surface area (Å²) in [5.74, 6) is 0.289. The van der Waals surface area contributed by atoms with Crippen molar-refractivity contribution in [2.75, 3.05) is 19.6 Å². The lowest BCUT2D eigenvalue weighted by Gasteiger charge is -2.19. The number of ether oxygens (including phenoxy) is 1. The standard InChI is InChI=1S/C20H30N4O2/c1-6-21-19(24-13-17(25)26-20(3,4)5)22-11-10-15-12-23-16-9-7-8-14(2)18(15)16/h7-9,12,23H,6,10-11,13H2,1-5H3,(H2,21,22,24). The molecule has 2 rings (SSSR count). The molecule has 2 aromatic rings. The number of aryl methyl sites for hydroxylation is 1. The number of nitrogens with one attached hydrogen (secondary N) is 3. The minimum atomic E-state index is -0.494. The first-order valence-corrected chi connectivity index (χ1v) is 9.09. The first kappa shape index (κ1) is 19.8. The smallest absolute Gasteiger partial charge is 0.328 e. The summed E-state index contributed by atoms with van der Waals surface area (Å²) in [6.45, 7) is 11.1. The monoisotopic (exact) mass is 358 g/mol. The zero-order valence-corrected chi connectivity index (χ0v) is 16.4. The summed E-state index contributed by atoms with van der Waals surface area (Å²) in [5.41, 5.74) is 3.20. The van der Waals surface area contributed by atoms with Crippen LogP contribution in [-0.2, 0) is 16.0 Å². The number of hydrogen-bond acceptors (Lipinski definition) is 3. The molecule has 0 amide bonds. The molecule has 3 N–H and O–H groups in total. The van der Waals surface area contributed by atoms with E-state index in [-0.39, 0.29) is 12.5 Å². The summed E-state index contributed by atoms with van der Waals surface area (Å²) in [6.07, 6.45) is 2.92. The number of hydrogen-bond donors (Lipinski definition) is 3. The number of carbonyl (C=O) groups excluding carboxylic acids is 1. The maximum Gasteiger partial charge on any atom is 0.328 e. The molecule has 0 aliphatic carbocycles. The number of H-pyrrole nitrogens is 1. The van der Waals surface area contributed by atoms with Gasteiger partial charge in [-0.15, -0.1) is 0 Å². The number of rotatable bonds is 6. The molecule has 0 saturated heterocycles. The second-order valence-corrected chi connectivity index (χ2v) is 7.27. The highest BCUT2D eigenvalue weighted by Crippen LogP contribution is 2.22. The molecular formula is C20H30N4O2. The molecule has 142 valence electrons. The molecule has 0 aliphatic rings. The molecule has 1 aromatic carbocycles. The molecule has 26 heavy (non-hydrogen) atoms. The predicted octanol–water partition coefficient (Wildman–Crippen LogP) is 2.92. The fourth-order valence-corrected chi connectivity index (χ4v) is 2.82. The normalized spacial score (nSPS) is 12.3. The van der Waals surface area contributed by atoms with Crippen molar-refractivity contribution in [3.8, 4) is 0 Å². The van der Waals surface area contributed by atoms with Crippen LogP contribution >= 0.6 is 0 Å². The van der Waals surface area contributed by atoms with E-state index in [0.29, 0.717) is 5.96 Å². The Labute approximate surface area is 155 Å². The second-order valence-electron chi connectivity index (χ2n) is 7.27. The van der Waals surface area contributed by atoms with E-state index >= 15 is 0 Å². The van der Waals surface area contributed by atoms with Gasteiger partial charge in [0, 0.05) is 30.2 Å². The highest BCUT2D eigenvalue weighted by atomic mass is 16.6. The average molecular weight is 358 g/mol. The zero-order valence-electron chi connectivity index (χ0n) is 16.4. The van der Waals surface area contributed by atoms with Crippen LogP contribution in [0.15, 0.2) is 29.4 Å². The maximum absolute atomic E-state index is 11.8. The minimum Gasteiger partial charge on any atom is -0.459 e. The molecule has 1 aromatic heterocycles. The molecule has 0 fully saturated rings. The van der Waals surface area contributed by atoms with E-state index in [0.717, 1.165) is 25.0 Å². The van der Waals surface area contributed by atoms with E-state index in [2.05, 4.69) is 51.9 Å². The van der Waals surface area contributed by atoms with Gasteiger partial charge in [-0.25, -0.2) is 4.99 Å². The maximum atomic E-state index is 11.8. The Morgan fingerprint density at radius 2 is 2.04 bits per heavy atom. The largest absolute Gasteiger partial charge is 0.459 e. The van der Waals surface area contributed by atoms with Crippen LogP contribution in [0, 0.1) is 6.92 Å². The van der Waals surface area contributed by atoms with E-state index in [4.69, 9.17) is 4.74 Å². The Kier molecular flexibility index (Phi) is 6.66. The van der Waals surface area contributed by atoms with Crippen molar-refractivity contribution < 1.29 is 9.53 Å². The molecule has 0 bridgehead atoms. The van der Waals surface area contributed by atoms with Gasteiger partial charge in [-0.05, 0) is 58.2 Å². The van der Waals surface area contributed by atoms with Gasteiger partial charge < -0.3 is 20.4 Å². The van der Waals surface area contributed by atoms with E-state index in [1.54, 1.807) is 0 Å². The summed E-state index contributed by atoms with van der Waals surface area (Å²) in [4.78, 5) is 19.5. The lowest BCUT2D eigenvalue weighted by molar-refractivity contribution is -0.152. The number of aromatic amines is 1. The third kappa shape index (κ3) is 5.79. The molecular weight excluding hydrogens is 328 g/mol. The highest BCUT2D eigenvalue weighted by molar-refractivity contribution is 5.86. The number of carbonyl (C=O) groups is 1. The quantitative estimate of drug-likeness (QED) is 0.421. The number of aliphatic imine (C=N–C) groups is 1.